The lowest BCUT2D eigenvalue weighted by molar-refractivity contribution is -0.122. The van der Waals surface area contributed by atoms with E-state index in [0.29, 0.717) is 19.6 Å². The van der Waals surface area contributed by atoms with Crippen molar-refractivity contribution in [3.05, 3.63) is 82.3 Å². The fraction of sp³-hybridized carbons (Fsp3) is 0.360. The molecule has 3 heterocycles. The zero-order valence-corrected chi connectivity index (χ0v) is 20.2. The van der Waals surface area contributed by atoms with Crippen LogP contribution in [0.25, 0.3) is 10.8 Å². The van der Waals surface area contributed by atoms with Gasteiger partial charge in [0, 0.05) is 37.3 Å². The first-order chi connectivity index (χ1) is 15.8. The highest BCUT2D eigenvalue weighted by Crippen LogP contribution is 2.40. The maximum atomic E-state index is 13.1. The van der Waals surface area contributed by atoms with Crippen LogP contribution in [-0.4, -0.2) is 38.4 Å². The van der Waals surface area contributed by atoms with Crippen LogP contribution in [-0.2, 0) is 17.8 Å². The van der Waals surface area contributed by atoms with Gasteiger partial charge in [-0.3, -0.25) is 14.5 Å². The fourth-order valence-corrected chi connectivity index (χ4v) is 5.93. The van der Waals surface area contributed by atoms with E-state index in [1.807, 2.05) is 58.0 Å². The Morgan fingerprint density at radius 1 is 1.00 bits per heavy atom. The van der Waals surface area contributed by atoms with E-state index >= 15 is 0 Å². The maximum absolute atomic E-state index is 13.1. The van der Waals surface area contributed by atoms with Crippen molar-refractivity contribution in [2.24, 2.45) is 5.92 Å². The van der Waals surface area contributed by atoms with Crippen molar-refractivity contribution in [3.63, 3.8) is 0 Å². The Kier molecular flexibility index (Phi) is 6.17. The van der Waals surface area contributed by atoms with Gasteiger partial charge >= 0.3 is 0 Å². The highest BCUT2D eigenvalue weighted by molar-refractivity contribution is 6.68. The second-order valence-corrected chi connectivity index (χ2v) is 11.3. The zero-order chi connectivity index (χ0) is 23.2. The number of carbonyl (C=O) groups is 1. The van der Waals surface area contributed by atoms with Gasteiger partial charge < -0.3 is 9.88 Å². The first kappa shape index (κ1) is 22.7. The molecule has 1 N–H and O–H groups in total. The SMILES string of the molecule is O=C(Cc1cccc2ccccc12)NC(N1CC2CC(C1)c1cccc(=O)n1C2)C(Cl)(Cl)Cl. The van der Waals surface area contributed by atoms with Gasteiger partial charge in [0.15, 0.2) is 0 Å². The van der Waals surface area contributed by atoms with Crippen molar-refractivity contribution in [1.82, 2.24) is 14.8 Å². The van der Waals surface area contributed by atoms with Crippen LogP contribution < -0.4 is 10.9 Å². The second kappa shape index (κ2) is 8.95. The van der Waals surface area contributed by atoms with Gasteiger partial charge in [-0.15, -0.1) is 0 Å². The van der Waals surface area contributed by atoms with E-state index < -0.39 is 9.96 Å². The van der Waals surface area contributed by atoms with E-state index in [1.165, 1.54) is 0 Å². The summed E-state index contributed by atoms with van der Waals surface area (Å²) >= 11 is 19.1. The molecule has 0 aliphatic carbocycles. The van der Waals surface area contributed by atoms with Crippen molar-refractivity contribution >= 4 is 51.5 Å². The van der Waals surface area contributed by atoms with E-state index in [-0.39, 0.29) is 29.7 Å². The Bertz CT molecular complexity index is 1250. The molecule has 0 spiro atoms. The number of likely N-dealkylation sites (tertiary alicyclic amines) is 1. The molecule has 33 heavy (non-hydrogen) atoms. The molecule has 0 saturated carbocycles. The van der Waals surface area contributed by atoms with Gasteiger partial charge in [0.25, 0.3) is 5.56 Å². The van der Waals surface area contributed by atoms with E-state index in [4.69, 9.17) is 34.8 Å². The van der Waals surface area contributed by atoms with Gasteiger partial charge in [-0.05, 0) is 34.7 Å². The molecular weight excluding hydrogens is 481 g/mol. The molecule has 0 radical (unpaired) electrons. The highest BCUT2D eigenvalue weighted by atomic mass is 35.6. The van der Waals surface area contributed by atoms with Crippen LogP contribution in [0, 0.1) is 5.92 Å². The smallest absolute Gasteiger partial charge is 0.250 e. The number of nitrogens with one attached hydrogen (secondary N) is 1. The Morgan fingerprint density at radius 3 is 2.58 bits per heavy atom. The molecule has 2 bridgehead atoms. The first-order valence-corrected chi connectivity index (χ1v) is 12.2. The number of piperidine rings is 1. The third-order valence-corrected chi connectivity index (χ3v) is 7.33. The lowest BCUT2D eigenvalue weighted by atomic mass is 9.83. The Hall–Kier alpha value is -2.05. The number of carbonyl (C=O) groups excluding carboxylic acids is 1. The number of alkyl halides is 3. The summed E-state index contributed by atoms with van der Waals surface area (Å²) in [7, 11) is 0. The van der Waals surface area contributed by atoms with Gasteiger partial charge in [0.2, 0.25) is 9.70 Å². The summed E-state index contributed by atoms with van der Waals surface area (Å²) in [5.74, 6) is 0.201. The summed E-state index contributed by atoms with van der Waals surface area (Å²) in [6, 6.07) is 19.3. The van der Waals surface area contributed by atoms with Gasteiger partial charge in [0.1, 0.15) is 6.17 Å². The van der Waals surface area contributed by atoms with Crippen LogP contribution in [0.15, 0.2) is 65.5 Å². The summed E-state index contributed by atoms with van der Waals surface area (Å²) < 4.78 is 0.163. The quantitative estimate of drug-likeness (QED) is 0.533. The Balaban J connectivity index is 1.36. The molecule has 1 amide bonds. The molecule has 1 saturated heterocycles. The Labute approximate surface area is 207 Å². The number of hydrogen-bond acceptors (Lipinski definition) is 3. The molecule has 1 fully saturated rings. The third kappa shape index (κ3) is 4.65. The zero-order valence-electron chi connectivity index (χ0n) is 17.9. The molecule has 8 heteroatoms. The third-order valence-electron chi connectivity index (χ3n) is 6.71. The van der Waals surface area contributed by atoms with Crippen LogP contribution in [0.2, 0.25) is 0 Å². The maximum Gasteiger partial charge on any atom is 0.250 e. The van der Waals surface area contributed by atoms with Crippen LogP contribution in [0.3, 0.4) is 0 Å². The predicted molar refractivity (Wildman–Crippen MR) is 133 cm³/mol. The van der Waals surface area contributed by atoms with Gasteiger partial charge in [-0.2, -0.15) is 0 Å². The van der Waals surface area contributed by atoms with E-state index in [0.717, 1.165) is 28.5 Å². The van der Waals surface area contributed by atoms with E-state index in [1.54, 1.807) is 12.1 Å². The van der Waals surface area contributed by atoms with E-state index in [9.17, 15) is 9.59 Å². The lowest BCUT2D eigenvalue weighted by Crippen LogP contribution is -2.60. The van der Waals surface area contributed by atoms with Crippen molar-refractivity contribution < 1.29 is 4.79 Å². The minimum absolute atomic E-state index is 0.0250. The monoisotopic (exact) mass is 503 g/mol. The van der Waals surface area contributed by atoms with Gasteiger partial charge in [-0.1, -0.05) is 83.3 Å². The minimum atomic E-state index is -1.70. The highest BCUT2D eigenvalue weighted by Gasteiger charge is 2.44. The van der Waals surface area contributed by atoms with Crippen LogP contribution in [0.4, 0.5) is 0 Å². The molecule has 2 aromatic carbocycles. The van der Waals surface area contributed by atoms with E-state index in [2.05, 4.69) is 5.32 Å². The molecule has 1 aromatic heterocycles. The largest absolute Gasteiger partial charge is 0.336 e. The molecule has 3 aromatic rings. The summed E-state index contributed by atoms with van der Waals surface area (Å²) in [5, 5.41) is 5.11. The average molecular weight is 505 g/mol. The van der Waals surface area contributed by atoms with Crippen molar-refractivity contribution in [2.75, 3.05) is 13.1 Å². The number of halogens is 3. The molecular formula is C25H24Cl3N3O2. The van der Waals surface area contributed by atoms with Crippen molar-refractivity contribution in [1.29, 1.82) is 0 Å². The minimum Gasteiger partial charge on any atom is -0.336 e. The summed E-state index contributed by atoms with van der Waals surface area (Å²) in [6.07, 6.45) is 0.408. The molecule has 5 nitrogen and oxygen atoms in total. The standard InChI is InChI=1S/C25H24Cl3N3O2/c26-25(27,28)24(29-22(32)12-18-7-3-6-17-5-1-2-8-20(17)18)30-13-16-11-19(15-30)21-9-4-10-23(33)31(21)14-16/h1-10,16,19,24H,11-15H2,(H,29,32). The number of hydrogen-bond donors (Lipinski definition) is 1. The predicted octanol–water partition coefficient (Wildman–Crippen LogP) is 4.48. The van der Waals surface area contributed by atoms with Crippen LogP contribution >= 0.6 is 34.8 Å². The molecule has 3 unspecified atom stereocenters. The summed E-state index contributed by atoms with van der Waals surface area (Å²) in [4.78, 5) is 27.4. The number of nitrogens with zero attached hydrogens (tertiary/aromatic N) is 2. The van der Waals surface area contributed by atoms with Crippen LogP contribution in [0.5, 0.6) is 0 Å². The number of fused-ring (bicyclic) bond motifs is 5. The summed E-state index contributed by atoms with van der Waals surface area (Å²) in [6.45, 7) is 1.88. The van der Waals surface area contributed by atoms with Gasteiger partial charge in [0.05, 0.1) is 6.42 Å². The van der Waals surface area contributed by atoms with Crippen LogP contribution in [0.1, 0.15) is 23.6 Å². The topological polar surface area (TPSA) is 54.3 Å². The first-order valence-electron chi connectivity index (χ1n) is 11.1. The normalized spacial score (nSPS) is 21.4. The fourth-order valence-electron chi connectivity index (χ4n) is 5.35. The number of pyridine rings is 1. The number of rotatable bonds is 4. The Morgan fingerprint density at radius 2 is 1.76 bits per heavy atom. The number of aromatic nitrogens is 1. The van der Waals surface area contributed by atoms with Gasteiger partial charge in [-0.25, -0.2) is 0 Å². The summed E-state index contributed by atoms with van der Waals surface area (Å²) in [5.41, 5.74) is 1.96. The molecule has 172 valence electrons. The average Bonchev–Trinajstić information content (AvgIpc) is 2.78. The molecule has 3 atom stereocenters. The second-order valence-electron chi connectivity index (χ2n) is 8.98. The number of benzene rings is 2. The van der Waals surface area contributed by atoms with Crippen molar-refractivity contribution in [2.45, 2.75) is 35.3 Å². The lowest BCUT2D eigenvalue weighted by Gasteiger charge is -2.47. The molecule has 2 aliphatic heterocycles. The molecule has 5 rings (SSSR count). The van der Waals surface area contributed by atoms with Crippen molar-refractivity contribution in [3.8, 4) is 0 Å². The molecule has 2 aliphatic rings. The number of amides is 1.